The SMILES string of the molecule is C=CCn1c(C)cc(C(=O)COC(=O)c2ccc3c(c2)C(=O)N(c2ccc(NC(C)=O)cc2)C3=O)c1C. The maximum atomic E-state index is 13.0. The number of hydrogen-bond donors (Lipinski definition) is 1. The first-order chi connectivity index (χ1) is 17.6. The van der Waals surface area contributed by atoms with Crippen LogP contribution in [0.2, 0.25) is 0 Å². The molecule has 2 aromatic carbocycles. The Morgan fingerprint density at radius 2 is 1.65 bits per heavy atom. The highest BCUT2D eigenvalue weighted by Crippen LogP contribution is 2.30. The minimum absolute atomic E-state index is 0.0488. The number of hydrogen-bond acceptors (Lipinski definition) is 6. The molecule has 0 saturated carbocycles. The number of aromatic nitrogens is 1. The second-order valence-corrected chi connectivity index (χ2v) is 8.62. The van der Waals surface area contributed by atoms with Crippen LogP contribution in [0.5, 0.6) is 0 Å². The van der Waals surface area contributed by atoms with Gasteiger partial charge in [-0.15, -0.1) is 6.58 Å². The van der Waals surface area contributed by atoms with E-state index in [1.165, 1.54) is 25.1 Å². The first kappa shape index (κ1) is 25.3. The van der Waals surface area contributed by atoms with Gasteiger partial charge in [-0.05, 0) is 62.4 Å². The van der Waals surface area contributed by atoms with Crippen LogP contribution in [-0.4, -0.2) is 40.6 Å². The number of ketones is 1. The Morgan fingerprint density at radius 3 is 2.30 bits per heavy atom. The van der Waals surface area contributed by atoms with Gasteiger partial charge >= 0.3 is 5.97 Å². The summed E-state index contributed by atoms with van der Waals surface area (Å²) in [6.45, 7) is 8.88. The fourth-order valence-electron chi connectivity index (χ4n) is 4.29. The number of nitrogens with zero attached hydrogens (tertiary/aromatic N) is 2. The maximum absolute atomic E-state index is 13.0. The van der Waals surface area contributed by atoms with Gasteiger partial charge in [0.2, 0.25) is 11.7 Å². The molecule has 2 heterocycles. The van der Waals surface area contributed by atoms with Gasteiger partial charge in [-0.2, -0.15) is 0 Å². The van der Waals surface area contributed by atoms with Crippen LogP contribution in [0.4, 0.5) is 11.4 Å². The molecular weight excluding hydrogens is 474 g/mol. The van der Waals surface area contributed by atoms with Gasteiger partial charge in [-0.1, -0.05) is 6.08 Å². The molecule has 0 spiro atoms. The molecular formula is C28H25N3O6. The zero-order chi connectivity index (χ0) is 26.9. The predicted octanol–water partition coefficient (Wildman–Crippen LogP) is 4.09. The number of allylic oxidation sites excluding steroid dienone is 1. The van der Waals surface area contributed by atoms with Gasteiger partial charge in [0.25, 0.3) is 11.8 Å². The minimum Gasteiger partial charge on any atom is -0.454 e. The smallest absolute Gasteiger partial charge is 0.338 e. The van der Waals surface area contributed by atoms with Crippen molar-refractivity contribution in [2.45, 2.75) is 27.3 Å². The van der Waals surface area contributed by atoms with Crippen LogP contribution in [0.15, 0.2) is 61.2 Å². The highest BCUT2D eigenvalue weighted by Gasteiger charge is 2.37. The molecule has 9 heteroatoms. The van der Waals surface area contributed by atoms with Gasteiger partial charge in [0.15, 0.2) is 6.61 Å². The molecule has 188 valence electrons. The molecule has 9 nitrogen and oxygen atoms in total. The van der Waals surface area contributed by atoms with E-state index in [2.05, 4.69) is 11.9 Å². The summed E-state index contributed by atoms with van der Waals surface area (Å²) in [6.07, 6.45) is 1.73. The highest BCUT2D eigenvalue weighted by molar-refractivity contribution is 6.34. The maximum Gasteiger partial charge on any atom is 0.338 e. The number of nitrogens with one attached hydrogen (secondary N) is 1. The summed E-state index contributed by atoms with van der Waals surface area (Å²) in [5.74, 6) is -2.50. The lowest BCUT2D eigenvalue weighted by molar-refractivity contribution is -0.114. The zero-order valence-electron chi connectivity index (χ0n) is 20.7. The molecule has 4 rings (SSSR count). The topological polar surface area (TPSA) is 115 Å². The number of fused-ring (bicyclic) bond motifs is 1. The van der Waals surface area contributed by atoms with Crippen LogP contribution in [0.3, 0.4) is 0 Å². The van der Waals surface area contributed by atoms with E-state index in [9.17, 15) is 24.0 Å². The van der Waals surface area contributed by atoms with Gasteiger partial charge in [-0.3, -0.25) is 19.2 Å². The van der Waals surface area contributed by atoms with E-state index in [0.29, 0.717) is 23.5 Å². The molecule has 1 N–H and O–H groups in total. The molecule has 37 heavy (non-hydrogen) atoms. The molecule has 0 fully saturated rings. The number of carbonyl (C=O) groups excluding carboxylic acids is 5. The molecule has 1 aliphatic rings. The lowest BCUT2D eigenvalue weighted by atomic mass is 10.1. The monoisotopic (exact) mass is 499 g/mol. The fraction of sp³-hybridized carbons (Fsp3) is 0.179. The highest BCUT2D eigenvalue weighted by atomic mass is 16.5. The Bertz CT molecular complexity index is 1470. The molecule has 0 saturated heterocycles. The third-order valence-electron chi connectivity index (χ3n) is 6.09. The predicted molar refractivity (Wildman–Crippen MR) is 137 cm³/mol. The second-order valence-electron chi connectivity index (χ2n) is 8.62. The summed E-state index contributed by atoms with van der Waals surface area (Å²) >= 11 is 0. The number of rotatable bonds is 8. The van der Waals surface area contributed by atoms with Crippen molar-refractivity contribution in [3.8, 4) is 0 Å². The number of esters is 1. The van der Waals surface area contributed by atoms with E-state index in [4.69, 9.17) is 4.74 Å². The van der Waals surface area contributed by atoms with Crippen LogP contribution in [0, 0.1) is 13.8 Å². The standard InChI is InChI=1S/C28H25N3O6/c1-5-12-30-16(2)13-23(17(30)3)25(33)15-37-28(36)19-6-11-22-24(14-19)27(35)31(26(22)34)21-9-7-20(8-10-21)29-18(4)32/h5-11,13-14H,1,12,15H2,2-4H3,(H,29,32). The van der Waals surface area contributed by atoms with Gasteiger partial charge in [0.1, 0.15) is 0 Å². The number of benzene rings is 2. The van der Waals surface area contributed by atoms with E-state index in [-0.39, 0.29) is 28.4 Å². The summed E-state index contributed by atoms with van der Waals surface area (Å²) in [5.41, 5.74) is 3.21. The Balaban J connectivity index is 1.48. The summed E-state index contributed by atoms with van der Waals surface area (Å²) in [5, 5.41) is 2.62. The van der Waals surface area contributed by atoms with E-state index in [1.54, 1.807) is 36.4 Å². The van der Waals surface area contributed by atoms with Crippen molar-refractivity contribution in [3.05, 3.63) is 94.8 Å². The van der Waals surface area contributed by atoms with Crippen molar-refractivity contribution in [2.24, 2.45) is 0 Å². The van der Waals surface area contributed by atoms with Crippen molar-refractivity contribution in [1.82, 2.24) is 4.57 Å². The molecule has 0 radical (unpaired) electrons. The number of Topliss-reactive ketones (excluding diaryl/α,β-unsaturated/α-hetero) is 1. The van der Waals surface area contributed by atoms with Gasteiger partial charge < -0.3 is 14.6 Å². The molecule has 3 amide bonds. The van der Waals surface area contributed by atoms with Crippen molar-refractivity contribution in [2.75, 3.05) is 16.8 Å². The first-order valence-electron chi connectivity index (χ1n) is 11.5. The third kappa shape index (κ3) is 4.84. The molecule has 0 atom stereocenters. The van der Waals surface area contributed by atoms with Crippen LogP contribution < -0.4 is 10.2 Å². The molecule has 0 bridgehead atoms. The summed E-state index contributed by atoms with van der Waals surface area (Å²) < 4.78 is 7.16. The lowest BCUT2D eigenvalue weighted by Crippen LogP contribution is -2.29. The lowest BCUT2D eigenvalue weighted by Gasteiger charge is -2.14. The molecule has 1 aliphatic heterocycles. The van der Waals surface area contributed by atoms with Crippen molar-refractivity contribution in [3.63, 3.8) is 0 Å². The molecule has 0 aliphatic carbocycles. The van der Waals surface area contributed by atoms with E-state index in [0.717, 1.165) is 16.3 Å². The second kappa shape index (κ2) is 10.1. The third-order valence-corrected chi connectivity index (χ3v) is 6.09. The number of anilines is 2. The fourth-order valence-corrected chi connectivity index (χ4v) is 4.29. The Hall–Kier alpha value is -4.79. The Morgan fingerprint density at radius 1 is 0.973 bits per heavy atom. The number of amides is 3. The minimum atomic E-state index is -0.783. The van der Waals surface area contributed by atoms with E-state index in [1.807, 2.05) is 18.4 Å². The summed E-state index contributed by atoms with van der Waals surface area (Å²) in [7, 11) is 0. The molecule has 0 unspecified atom stereocenters. The van der Waals surface area contributed by atoms with Crippen molar-refractivity contribution in [1.29, 1.82) is 0 Å². The van der Waals surface area contributed by atoms with Crippen LogP contribution >= 0.6 is 0 Å². The Kier molecular flexibility index (Phi) is 6.88. The summed E-state index contributed by atoms with van der Waals surface area (Å²) in [4.78, 5) is 63.5. The first-order valence-corrected chi connectivity index (χ1v) is 11.5. The van der Waals surface area contributed by atoms with Crippen LogP contribution in [0.1, 0.15) is 59.7 Å². The zero-order valence-corrected chi connectivity index (χ0v) is 20.7. The molecule has 1 aromatic heterocycles. The average molecular weight is 500 g/mol. The normalized spacial score (nSPS) is 12.4. The molecule has 3 aromatic rings. The number of ether oxygens (including phenoxy) is 1. The van der Waals surface area contributed by atoms with Crippen LogP contribution in [0.25, 0.3) is 0 Å². The number of imide groups is 1. The number of aryl methyl sites for hydroxylation is 1. The number of carbonyl (C=O) groups is 5. The quantitative estimate of drug-likeness (QED) is 0.216. The van der Waals surface area contributed by atoms with Crippen molar-refractivity contribution >= 4 is 40.8 Å². The van der Waals surface area contributed by atoms with E-state index < -0.39 is 24.4 Å². The van der Waals surface area contributed by atoms with Gasteiger partial charge in [0, 0.05) is 36.1 Å². The van der Waals surface area contributed by atoms with Crippen LogP contribution in [-0.2, 0) is 16.1 Å². The summed E-state index contributed by atoms with van der Waals surface area (Å²) in [6, 6.07) is 12.1. The van der Waals surface area contributed by atoms with Gasteiger partial charge in [-0.25, -0.2) is 9.69 Å². The van der Waals surface area contributed by atoms with Gasteiger partial charge in [0.05, 0.1) is 22.4 Å². The van der Waals surface area contributed by atoms with Crippen molar-refractivity contribution < 1.29 is 28.7 Å². The largest absolute Gasteiger partial charge is 0.454 e. The Labute approximate surface area is 213 Å². The average Bonchev–Trinajstić information content (AvgIpc) is 3.29. The van der Waals surface area contributed by atoms with E-state index >= 15 is 0 Å².